The van der Waals surface area contributed by atoms with Gasteiger partial charge in [0, 0.05) is 0 Å². The van der Waals surface area contributed by atoms with Crippen LogP contribution in [-0.2, 0) is 5.41 Å². The van der Waals surface area contributed by atoms with Crippen LogP contribution in [0.2, 0.25) is 0 Å². The maximum atomic E-state index is 2.50. The highest BCUT2D eigenvalue weighted by Gasteiger charge is 2.46. The lowest BCUT2D eigenvalue weighted by Crippen LogP contribution is -2.28. The second-order valence-corrected chi connectivity index (χ2v) is 17.0. The van der Waals surface area contributed by atoms with Gasteiger partial charge in [-0.1, -0.05) is 205 Å². The van der Waals surface area contributed by atoms with Gasteiger partial charge in [0.05, 0.1) is 5.41 Å². The number of benzene rings is 11. The third kappa shape index (κ3) is 5.46. The van der Waals surface area contributed by atoms with Crippen LogP contribution < -0.4 is 0 Å². The Balaban J connectivity index is 1.15. The lowest BCUT2D eigenvalue weighted by molar-refractivity contribution is 0.768. The molecule has 0 radical (unpaired) electrons. The van der Waals surface area contributed by atoms with E-state index in [1.165, 1.54) is 121 Å². The smallest absolute Gasteiger partial charge is 0.0619 e. The second kappa shape index (κ2) is 13.8. The first kappa shape index (κ1) is 35.4. The standard InChI is InChI=1S/C61H42/c1-39-19-29-49(30-20-39)61(50-31-21-40(2)22-32-50)57-18-10-9-15-51(57)52-33-27-46(38-58(52)61)45-28-34-55-56(37-45)60(48-26-24-42-12-4-6-14-44(42)36-48)54-17-8-7-16-53(54)59(55)47-25-23-41-11-3-5-13-43(41)35-47/h3-38H,1-2H3. The van der Waals surface area contributed by atoms with Crippen LogP contribution in [0.3, 0.4) is 0 Å². The van der Waals surface area contributed by atoms with Crippen molar-refractivity contribution < 1.29 is 0 Å². The fourth-order valence-electron chi connectivity index (χ4n) is 10.5. The van der Waals surface area contributed by atoms with Crippen molar-refractivity contribution in [3.63, 3.8) is 0 Å². The Hall–Kier alpha value is -7.54. The van der Waals surface area contributed by atoms with Crippen molar-refractivity contribution in [2.24, 2.45) is 0 Å². The molecule has 0 aromatic heterocycles. The molecule has 1 aliphatic rings. The molecular formula is C61H42. The molecule has 61 heavy (non-hydrogen) atoms. The van der Waals surface area contributed by atoms with Gasteiger partial charge in [-0.2, -0.15) is 0 Å². The molecular weight excluding hydrogens is 733 g/mol. The van der Waals surface area contributed by atoms with Crippen LogP contribution in [0.4, 0.5) is 0 Å². The number of aryl methyl sites for hydroxylation is 2. The van der Waals surface area contributed by atoms with Crippen molar-refractivity contribution in [3.8, 4) is 44.5 Å². The lowest BCUT2D eigenvalue weighted by Gasteiger charge is -2.34. The van der Waals surface area contributed by atoms with E-state index in [0.717, 1.165) is 0 Å². The van der Waals surface area contributed by atoms with Crippen LogP contribution in [0.15, 0.2) is 218 Å². The van der Waals surface area contributed by atoms with Crippen molar-refractivity contribution >= 4 is 43.1 Å². The highest BCUT2D eigenvalue weighted by Crippen LogP contribution is 2.57. The quantitative estimate of drug-likeness (QED) is 0.153. The summed E-state index contributed by atoms with van der Waals surface area (Å²) in [4.78, 5) is 0. The van der Waals surface area contributed by atoms with Crippen LogP contribution in [0.25, 0.3) is 87.6 Å². The van der Waals surface area contributed by atoms with Crippen LogP contribution in [0.1, 0.15) is 33.4 Å². The molecule has 0 atom stereocenters. The molecule has 0 nitrogen and oxygen atoms in total. The second-order valence-electron chi connectivity index (χ2n) is 17.0. The van der Waals surface area contributed by atoms with Gasteiger partial charge in [-0.3, -0.25) is 0 Å². The van der Waals surface area contributed by atoms with E-state index in [4.69, 9.17) is 0 Å². The van der Waals surface area contributed by atoms with Crippen LogP contribution in [-0.4, -0.2) is 0 Å². The molecule has 286 valence electrons. The van der Waals surface area contributed by atoms with Gasteiger partial charge in [-0.25, -0.2) is 0 Å². The van der Waals surface area contributed by atoms with E-state index in [1.54, 1.807) is 0 Å². The Kier molecular flexibility index (Phi) is 7.99. The molecule has 12 rings (SSSR count). The number of hydrogen-bond acceptors (Lipinski definition) is 0. The first-order valence-electron chi connectivity index (χ1n) is 21.4. The monoisotopic (exact) mass is 774 g/mol. The van der Waals surface area contributed by atoms with E-state index in [0.29, 0.717) is 0 Å². The SMILES string of the molecule is Cc1ccc(C2(c3ccc(C)cc3)c3ccccc3-c3ccc(-c4ccc5c(-c6ccc7ccccc7c6)c6ccccc6c(-c6ccc7ccccc7c6)c5c4)cc32)cc1. The molecule has 0 heterocycles. The molecule has 0 aliphatic heterocycles. The molecule has 0 amide bonds. The molecule has 0 unspecified atom stereocenters. The highest BCUT2D eigenvalue weighted by atomic mass is 14.5. The molecule has 11 aromatic carbocycles. The summed E-state index contributed by atoms with van der Waals surface area (Å²) in [7, 11) is 0. The zero-order chi connectivity index (χ0) is 40.7. The van der Waals surface area contributed by atoms with E-state index < -0.39 is 5.41 Å². The maximum Gasteiger partial charge on any atom is 0.0713 e. The molecule has 0 fully saturated rings. The molecule has 1 aliphatic carbocycles. The predicted octanol–water partition coefficient (Wildman–Crippen LogP) is 16.3. The van der Waals surface area contributed by atoms with E-state index in [1.807, 2.05) is 0 Å². The zero-order valence-electron chi connectivity index (χ0n) is 34.3. The number of fused-ring (bicyclic) bond motifs is 7. The summed E-state index contributed by atoms with van der Waals surface area (Å²) < 4.78 is 0. The predicted molar refractivity (Wildman–Crippen MR) is 260 cm³/mol. The highest BCUT2D eigenvalue weighted by molar-refractivity contribution is 6.22. The minimum absolute atomic E-state index is 0.476. The summed E-state index contributed by atoms with van der Waals surface area (Å²) in [6.07, 6.45) is 0. The fourth-order valence-corrected chi connectivity index (χ4v) is 10.5. The molecule has 11 aromatic rings. The molecule has 0 saturated carbocycles. The summed E-state index contributed by atoms with van der Waals surface area (Å²) in [6.45, 7) is 4.36. The first-order chi connectivity index (χ1) is 30.0. The Morgan fingerprint density at radius 3 is 1.33 bits per heavy atom. The molecule has 0 N–H and O–H groups in total. The van der Waals surface area contributed by atoms with Crippen molar-refractivity contribution in [1.29, 1.82) is 0 Å². The van der Waals surface area contributed by atoms with Gasteiger partial charge in [0.25, 0.3) is 0 Å². The van der Waals surface area contributed by atoms with E-state index >= 15 is 0 Å². The third-order valence-electron chi connectivity index (χ3n) is 13.4. The molecule has 0 spiro atoms. The molecule has 0 saturated heterocycles. The summed E-state index contributed by atoms with van der Waals surface area (Å²) in [5, 5.41) is 10.0. The normalized spacial score (nSPS) is 12.9. The van der Waals surface area contributed by atoms with Gasteiger partial charge in [0.2, 0.25) is 0 Å². The van der Waals surface area contributed by atoms with Gasteiger partial charge in [0.15, 0.2) is 0 Å². The van der Waals surface area contributed by atoms with E-state index in [9.17, 15) is 0 Å². The first-order valence-corrected chi connectivity index (χ1v) is 21.4. The van der Waals surface area contributed by atoms with Gasteiger partial charge < -0.3 is 0 Å². The van der Waals surface area contributed by atoms with Crippen molar-refractivity contribution in [3.05, 3.63) is 252 Å². The summed E-state index contributed by atoms with van der Waals surface area (Å²) in [5.74, 6) is 0. The topological polar surface area (TPSA) is 0 Å². The Bertz CT molecular complexity index is 3480. The maximum absolute atomic E-state index is 2.50. The summed E-state index contributed by atoms with van der Waals surface area (Å²) in [5.41, 5.74) is 17.3. The van der Waals surface area contributed by atoms with Crippen LogP contribution in [0, 0.1) is 13.8 Å². The van der Waals surface area contributed by atoms with Crippen molar-refractivity contribution in [1.82, 2.24) is 0 Å². The average molecular weight is 775 g/mol. The van der Waals surface area contributed by atoms with Crippen molar-refractivity contribution in [2.75, 3.05) is 0 Å². The number of rotatable bonds is 5. The van der Waals surface area contributed by atoms with Crippen LogP contribution >= 0.6 is 0 Å². The Morgan fingerprint density at radius 2 is 0.721 bits per heavy atom. The van der Waals surface area contributed by atoms with Gasteiger partial charge in [0.1, 0.15) is 0 Å². The van der Waals surface area contributed by atoms with Crippen LogP contribution in [0.5, 0.6) is 0 Å². The van der Waals surface area contributed by atoms with E-state index in [2.05, 4.69) is 232 Å². The third-order valence-corrected chi connectivity index (χ3v) is 13.4. The van der Waals surface area contributed by atoms with Crippen molar-refractivity contribution in [2.45, 2.75) is 19.3 Å². The Morgan fingerprint density at radius 1 is 0.279 bits per heavy atom. The van der Waals surface area contributed by atoms with Gasteiger partial charge in [-0.05, 0) is 148 Å². The fraction of sp³-hybridized carbons (Fsp3) is 0.0492. The average Bonchev–Trinajstić information content (AvgIpc) is 3.61. The molecule has 0 bridgehead atoms. The summed E-state index contributed by atoms with van der Waals surface area (Å²) >= 11 is 0. The summed E-state index contributed by atoms with van der Waals surface area (Å²) in [6, 6.07) is 82.3. The van der Waals surface area contributed by atoms with Gasteiger partial charge >= 0.3 is 0 Å². The lowest BCUT2D eigenvalue weighted by atomic mass is 9.67. The van der Waals surface area contributed by atoms with Gasteiger partial charge in [-0.15, -0.1) is 0 Å². The minimum atomic E-state index is -0.476. The Labute approximate surface area is 357 Å². The zero-order valence-corrected chi connectivity index (χ0v) is 34.3. The van der Waals surface area contributed by atoms with E-state index in [-0.39, 0.29) is 0 Å². The minimum Gasteiger partial charge on any atom is -0.0619 e. The largest absolute Gasteiger partial charge is 0.0713 e. The number of hydrogen-bond donors (Lipinski definition) is 0. The molecule has 0 heteroatoms.